The van der Waals surface area contributed by atoms with Crippen molar-refractivity contribution >= 4 is 40.3 Å². The summed E-state index contributed by atoms with van der Waals surface area (Å²) < 4.78 is 52.5. The third-order valence-electron chi connectivity index (χ3n) is 3.87. The van der Waals surface area contributed by atoms with Gasteiger partial charge >= 0.3 is 23.5 Å². The highest BCUT2D eigenvalue weighted by Crippen LogP contribution is 2.66. The summed E-state index contributed by atoms with van der Waals surface area (Å²) in [5.74, 6) is 0.238. The second-order valence-electron chi connectivity index (χ2n) is 6.04. The zero-order chi connectivity index (χ0) is 22.3. The molecule has 2 unspecified atom stereocenters. The van der Waals surface area contributed by atoms with Gasteiger partial charge in [-0.25, -0.2) is 23.7 Å². The number of aliphatic hydroxyl groups excluding tert-OH is 1. The van der Waals surface area contributed by atoms with E-state index in [1.165, 1.54) is 6.33 Å². The first-order chi connectivity index (χ1) is 13.8. The highest BCUT2D eigenvalue weighted by atomic mass is 31.3. The summed E-state index contributed by atoms with van der Waals surface area (Å²) in [6.45, 7) is -0.766. The van der Waals surface area contributed by atoms with Crippen molar-refractivity contribution in [3.63, 3.8) is 0 Å². The maximum atomic E-state index is 11.8. The van der Waals surface area contributed by atoms with E-state index in [0.717, 1.165) is 0 Å². The summed E-state index contributed by atoms with van der Waals surface area (Å²) in [5, 5.41) is 10.7. The topological polar surface area (TPSA) is 246 Å². The van der Waals surface area contributed by atoms with Crippen molar-refractivity contribution < 1.29 is 56.3 Å². The molecule has 3 rings (SSSR count). The van der Waals surface area contributed by atoms with Gasteiger partial charge in [-0.05, 0) is 6.07 Å². The molecule has 5 atom stereocenters. The minimum absolute atomic E-state index is 0.0398. The second-order valence-corrected chi connectivity index (χ2v) is 10.5. The van der Waals surface area contributed by atoms with Crippen LogP contribution in [0.4, 0.5) is 5.82 Å². The van der Waals surface area contributed by atoms with Crippen molar-refractivity contribution in [2.24, 2.45) is 0 Å². The van der Waals surface area contributed by atoms with E-state index in [9.17, 15) is 23.7 Å². The number of hydrogen-bond acceptors (Lipinski definition) is 11. The summed E-state index contributed by atoms with van der Waals surface area (Å²) in [7, 11) is -16.4. The Balaban J connectivity index is 1.64. The molecule has 1 fully saturated rings. The molecular weight excluding hydrogens is 473 g/mol. The second kappa shape index (κ2) is 8.36. The highest BCUT2D eigenvalue weighted by Gasteiger charge is 2.42. The molecule has 0 aromatic carbocycles. The number of nitrogens with zero attached hydrogens (tertiary/aromatic N) is 3. The smallest absolute Gasteiger partial charge is 0.390 e. The number of ether oxygens (including phenoxy) is 1. The fourth-order valence-electron chi connectivity index (χ4n) is 2.73. The summed E-state index contributed by atoms with van der Waals surface area (Å²) in [6, 6.07) is 1.64. The number of phosphoric acid groups is 3. The molecule has 1 aliphatic rings. The van der Waals surface area contributed by atoms with Crippen LogP contribution in [0.1, 0.15) is 12.6 Å². The molecule has 168 valence electrons. The number of aromatic nitrogens is 3. The molecule has 0 radical (unpaired) electrons. The fraction of sp³-hybridized carbons (Fsp3) is 0.455. The number of nitrogens with two attached hydrogens (primary N) is 1. The van der Waals surface area contributed by atoms with Crippen LogP contribution in [0.5, 0.6) is 0 Å². The third kappa shape index (κ3) is 5.71. The Labute approximate surface area is 167 Å². The van der Waals surface area contributed by atoms with E-state index in [1.807, 2.05) is 0 Å². The van der Waals surface area contributed by atoms with E-state index in [1.54, 1.807) is 16.8 Å². The summed E-state index contributed by atoms with van der Waals surface area (Å²) >= 11 is 0. The Bertz CT molecular complexity index is 1070. The maximum absolute atomic E-state index is 11.8. The van der Waals surface area contributed by atoms with Gasteiger partial charge in [0.25, 0.3) is 0 Å². The molecule has 30 heavy (non-hydrogen) atoms. The number of rotatable bonds is 8. The summed E-state index contributed by atoms with van der Waals surface area (Å²) in [6.07, 6.45) is -0.195. The van der Waals surface area contributed by atoms with Gasteiger partial charge in [0.2, 0.25) is 0 Å². The molecule has 0 aliphatic carbocycles. The van der Waals surface area contributed by atoms with E-state index in [4.69, 9.17) is 25.2 Å². The van der Waals surface area contributed by atoms with Gasteiger partial charge in [-0.1, -0.05) is 0 Å². The molecule has 0 saturated carbocycles. The zero-order valence-electron chi connectivity index (χ0n) is 14.7. The first kappa shape index (κ1) is 23.4. The lowest BCUT2D eigenvalue weighted by Crippen LogP contribution is -2.26. The van der Waals surface area contributed by atoms with E-state index >= 15 is 0 Å². The Kier molecular flexibility index (Phi) is 6.52. The van der Waals surface area contributed by atoms with Crippen LogP contribution in [-0.2, 0) is 31.6 Å². The Morgan fingerprint density at radius 1 is 1.17 bits per heavy atom. The normalized spacial score (nSPS) is 26.5. The predicted molar refractivity (Wildman–Crippen MR) is 96.3 cm³/mol. The molecule has 16 nitrogen and oxygen atoms in total. The van der Waals surface area contributed by atoms with Crippen LogP contribution in [0.15, 0.2) is 18.6 Å². The Hall–Kier alpha value is -1.25. The third-order valence-corrected chi connectivity index (χ3v) is 7.67. The summed E-state index contributed by atoms with van der Waals surface area (Å²) in [5.41, 5.74) is 6.18. The first-order valence-electron chi connectivity index (χ1n) is 7.95. The molecule has 1 saturated heterocycles. The van der Waals surface area contributed by atoms with Crippen molar-refractivity contribution in [1.29, 1.82) is 0 Å². The van der Waals surface area contributed by atoms with Crippen molar-refractivity contribution in [1.82, 2.24) is 14.5 Å². The van der Waals surface area contributed by atoms with Crippen LogP contribution in [0.3, 0.4) is 0 Å². The van der Waals surface area contributed by atoms with Gasteiger partial charge in [-0.2, -0.15) is 8.62 Å². The molecule has 0 bridgehead atoms. The number of hydrogen-bond donors (Lipinski definition) is 6. The molecule has 3 heterocycles. The van der Waals surface area contributed by atoms with Crippen LogP contribution in [-0.4, -0.2) is 58.0 Å². The number of anilines is 1. The monoisotopic (exact) mass is 490 g/mol. The lowest BCUT2D eigenvalue weighted by molar-refractivity contribution is -0.0421. The van der Waals surface area contributed by atoms with Crippen molar-refractivity contribution in [2.75, 3.05) is 12.3 Å². The van der Waals surface area contributed by atoms with E-state index in [-0.39, 0.29) is 12.2 Å². The number of aliphatic hydroxyl groups is 1. The molecule has 0 spiro atoms. The number of fused-ring (bicyclic) bond motifs is 1. The molecule has 7 N–H and O–H groups in total. The van der Waals surface area contributed by atoms with Gasteiger partial charge in [-0.15, -0.1) is 0 Å². The van der Waals surface area contributed by atoms with Gasteiger partial charge in [0.1, 0.15) is 30.1 Å². The van der Waals surface area contributed by atoms with E-state index in [0.29, 0.717) is 11.0 Å². The molecular formula is C11H17N4O12P3. The number of phosphoric ester groups is 1. The van der Waals surface area contributed by atoms with E-state index < -0.39 is 48.5 Å². The van der Waals surface area contributed by atoms with Crippen LogP contribution < -0.4 is 5.73 Å². The standard InChI is InChI=1S/C11H17N4O12P3/c12-10-6-1-2-15(11(6)14-5-13-10)9-3-7(16)8(25-9)4-24-29(20,21)27-30(22,23)26-28(17,18)19/h1-2,5,7-9,16H,3-4H2,(H,20,21)(H,22,23)(H2,12,13,14)(H2,17,18,19)/t7-,8-,9-/m1/s1. The van der Waals surface area contributed by atoms with E-state index in [2.05, 4.69) is 23.1 Å². The Morgan fingerprint density at radius 2 is 1.87 bits per heavy atom. The molecule has 0 amide bonds. The van der Waals surface area contributed by atoms with Gasteiger partial charge in [-0.3, -0.25) is 4.52 Å². The largest absolute Gasteiger partial charge is 0.490 e. The van der Waals surface area contributed by atoms with Gasteiger partial charge < -0.3 is 39.7 Å². The Morgan fingerprint density at radius 3 is 2.53 bits per heavy atom. The summed E-state index contributed by atoms with van der Waals surface area (Å²) in [4.78, 5) is 43.5. The molecule has 2 aromatic heterocycles. The predicted octanol–water partition coefficient (Wildman–Crippen LogP) is 0.00520. The van der Waals surface area contributed by atoms with Crippen molar-refractivity contribution in [2.45, 2.75) is 24.9 Å². The number of nitrogen functional groups attached to an aromatic ring is 1. The molecule has 2 aromatic rings. The fourth-order valence-corrected chi connectivity index (χ4v) is 5.76. The lowest BCUT2D eigenvalue weighted by atomic mass is 10.2. The van der Waals surface area contributed by atoms with Gasteiger partial charge in [0, 0.05) is 12.6 Å². The molecule has 1 aliphatic heterocycles. The maximum Gasteiger partial charge on any atom is 0.490 e. The van der Waals surface area contributed by atoms with Crippen LogP contribution in [0, 0.1) is 0 Å². The zero-order valence-corrected chi connectivity index (χ0v) is 17.4. The average molecular weight is 490 g/mol. The van der Waals surface area contributed by atoms with Crippen molar-refractivity contribution in [3.8, 4) is 0 Å². The first-order valence-corrected chi connectivity index (χ1v) is 12.5. The van der Waals surface area contributed by atoms with Gasteiger partial charge in [0.15, 0.2) is 0 Å². The minimum Gasteiger partial charge on any atom is -0.390 e. The SMILES string of the molecule is Nc1ncnc2c1ccn2[C@H]1C[C@@H](O)[C@@H](COP(=O)(O)OP(=O)(O)OP(=O)(O)O)O1. The van der Waals surface area contributed by atoms with Crippen LogP contribution in [0.2, 0.25) is 0 Å². The highest BCUT2D eigenvalue weighted by molar-refractivity contribution is 7.66. The van der Waals surface area contributed by atoms with Crippen LogP contribution >= 0.6 is 23.5 Å². The van der Waals surface area contributed by atoms with Crippen molar-refractivity contribution in [3.05, 3.63) is 18.6 Å². The lowest BCUT2D eigenvalue weighted by Gasteiger charge is -2.19. The average Bonchev–Trinajstić information content (AvgIpc) is 3.14. The van der Waals surface area contributed by atoms with Gasteiger partial charge in [0.05, 0.1) is 18.1 Å². The quantitative estimate of drug-likeness (QED) is 0.267. The van der Waals surface area contributed by atoms with Crippen LogP contribution in [0.25, 0.3) is 11.0 Å². The molecule has 19 heteroatoms. The minimum atomic E-state index is -5.63.